The van der Waals surface area contributed by atoms with Crippen LogP contribution in [0.25, 0.3) is 0 Å². The average molecular weight is 329 g/mol. The second kappa shape index (κ2) is 6.25. The maximum atomic E-state index is 11.6. The van der Waals surface area contributed by atoms with E-state index in [1.165, 1.54) is 0 Å². The first-order valence-corrected chi connectivity index (χ1v) is 7.00. The van der Waals surface area contributed by atoms with E-state index >= 15 is 0 Å². The van der Waals surface area contributed by atoms with E-state index in [-0.39, 0.29) is 18.7 Å². The highest BCUT2D eigenvalue weighted by atomic mass is 79.9. The Labute approximate surface area is 120 Å². The van der Waals surface area contributed by atoms with Gasteiger partial charge in [0.25, 0.3) is 0 Å². The van der Waals surface area contributed by atoms with Crippen molar-refractivity contribution in [1.29, 1.82) is 0 Å². The summed E-state index contributed by atoms with van der Waals surface area (Å²) >= 11 is 3.49. The third-order valence-electron chi connectivity index (χ3n) is 2.88. The van der Waals surface area contributed by atoms with Gasteiger partial charge in [-0.05, 0) is 31.5 Å². The van der Waals surface area contributed by atoms with Gasteiger partial charge in [-0.1, -0.05) is 15.9 Å². The molecule has 1 aromatic carbocycles. The number of hydrogen-bond acceptors (Lipinski definition) is 4. The average Bonchev–Trinajstić information content (AvgIpc) is 2.82. The zero-order valence-electron chi connectivity index (χ0n) is 11.0. The summed E-state index contributed by atoms with van der Waals surface area (Å²) in [5, 5.41) is 5.96. The maximum Gasteiger partial charge on any atom is 0.236 e. The summed E-state index contributed by atoms with van der Waals surface area (Å²) in [6.45, 7) is 5.22. The number of likely N-dealkylation sites (N-methyl/N-ethyl adjacent to an activating group) is 1. The molecule has 1 aliphatic heterocycles. The monoisotopic (exact) mass is 328 g/mol. The van der Waals surface area contributed by atoms with Crippen LogP contribution in [-0.4, -0.2) is 25.3 Å². The molecule has 1 aliphatic rings. The number of ether oxygens (including phenoxy) is 2. The second-order valence-corrected chi connectivity index (χ2v) is 5.15. The molecule has 19 heavy (non-hydrogen) atoms. The fourth-order valence-electron chi connectivity index (χ4n) is 1.78. The van der Waals surface area contributed by atoms with Crippen molar-refractivity contribution in [1.82, 2.24) is 10.6 Å². The summed E-state index contributed by atoms with van der Waals surface area (Å²) in [6.07, 6.45) is 0. The zero-order valence-corrected chi connectivity index (χ0v) is 12.5. The molecule has 104 valence electrons. The molecule has 0 saturated carbocycles. The molecule has 1 amide bonds. The van der Waals surface area contributed by atoms with Gasteiger partial charge in [-0.3, -0.25) is 4.79 Å². The van der Waals surface area contributed by atoms with Crippen LogP contribution in [0, 0.1) is 0 Å². The second-order valence-electron chi connectivity index (χ2n) is 4.29. The van der Waals surface area contributed by atoms with Gasteiger partial charge in [0.1, 0.15) is 0 Å². The lowest BCUT2D eigenvalue weighted by molar-refractivity contribution is -0.122. The van der Waals surface area contributed by atoms with E-state index in [9.17, 15) is 4.79 Å². The molecule has 0 bridgehead atoms. The zero-order chi connectivity index (χ0) is 13.8. The Bertz CT molecular complexity index is 479. The molecule has 1 heterocycles. The number of benzene rings is 1. The Morgan fingerprint density at radius 3 is 2.79 bits per heavy atom. The van der Waals surface area contributed by atoms with E-state index < -0.39 is 0 Å². The van der Waals surface area contributed by atoms with Gasteiger partial charge in [-0.25, -0.2) is 0 Å². The molecule has 6 heteroatoms. The molecule has 1 aromatic rings. The molecule has 2 rings (SSSR count). The predicted octanol–water partition coefficient (Wildman–Crippen LogP) is 1.79. The summed E-state index contributed by atoms with van der Waals surface area (Å²) in [5.41, 5.74) is 1.03. The molecule has 1 unspecified atom stereocenters. The third kappa shape index (κ3) is 3.39. The maximum absolute atomic E-state index is 11.6. The molecule has 0 radical (unpaired) electrons. The molecule has 5 nitrogen and oxygen atoms in total. The topological polar surface area (TPSA) is 59.6 Å². The molecular formula is C13H17BrN2O3. The number of hydrogen-bond donors (Lipinski definition) is 2. The Hall–Kier alpha value is -1.27. The fourth-order valence-corrected chi connectivity index (χ4v) is 2.24. The van der Waals surface area contributed by atoms with E-state index in [1.54, 1.807) is 0 Å². The van der Waals surface area contributed by atoms with Crippen LogP contribution in [-0.2, 0) is 11.3 Å². The number of halogens is 1. The standard InChI is InChI=1S/C13H17BrN2O3/c1-3-15-13(17)8(2)16-6-9-4-11-12(5-10(9)14)19-7-18-11/h4-5,8,16H,3,6-7H2,1-2H3,(H,15,17). The van der Waals surface area contributed by atoms with Crippen LogP contribution in [0.3, 0.4) is 0 Å². The number of rotatable bonds is 5. The van der Waals surface area contributed by atoms with E-state index in [0.717, 1.165) is 21.5 Å². The molecule has 0 saturated heterocycles. The molecule has 2 N–H and O–H groups in total. The summed E-state index contributed by atoms with van der Waals surface area (Å²) in [5.74, 6) is 1.48. The first kappa shape index (κ1) is 14.1. The van der Waals surface area contributed by atoms with E-state index in [0.29, 0.717) is 13.1 Å². The van der Waals surface area contributed by atoms with Crippen LogP contribution in [0.15, 0.2) is 16.6 Å². The lowest BCUT2D eigenvalue weighted by atomic mass is 10.2. The van der Waals surface area contributed by atoms with Crippen molar-refractivity contribution in [3.8, 4) is 11.5 Å². The summed E-state index contributed by atoms with van der Waals surface area (Å²) in [4.78, 5) is 11.6. The van der Waals surface area contributed by atoms with E-state index in [1.807, 2.05) is 26.0 Å². The van der Waals surface area contributed by atoms with Crippen LogP contribution in [0.5, 0.6) is 11.5 Å². The van der Waals surface area contributed by atoms with Crippen molar-refractivity contribution in [2.75, 3.05) is 13.3 Å². The predicted molar refractivity (Wildman–Crippen MR) is 75.3 cm³/mol. The number of nitrogens with one attached hydrogen (secondary N) is 2. The Balaban J connectivity index is 1.98. The number of fused-ring (bicyclic) bond motifs is 1. The van der Waals surface area contributed by atoms with Crippen LogP contribution in [0.1, 0.15) is 19.4 Å². The smallest absolute Gasteiger partial charge is 0.236 e. The quantitative estimate of drug-likeness (QED) is 0.865. The summed E-state index contributed by atoms with van der Waals surface area (Å²) < 4.78 is 11.6. The minimum absolute atomic E-state index is 0.000587. The Kier molecular flexibility index (Phi) is 4.66. The SMILES string of the molecule is CCNC(=O)C(C)NCc1cc2c(cc1Br)OCO2. The van der Waals surface area contributed by atoms with E-state index in [4.69, 9.17) is 9.47 Å². The molecule has 0 aromatic heterocycles. The van der Waals surface area contributed by atoms with Gasteiger partial charge < -0.3 is 20.1 Å². The van der Waals surface area contributed by atoms with Crippen molar-refractivity contribution in [3.05, 3.63) is 22.2 Å². The highest BCUT2D eigenvalue weighted by Gasteiger charge is 2.17. The van der Waals surface area contributed by atoms with Crippen molar-refractivity contribution >= 4 is 21.8 Å². The molecule has 0 spiro atoms. The number of amides is 1. The van der Waals surface area contributed by atoms with Crippen LogP contribution in [0.4, 0.5) is 0 Å². The van der Waals surface area contributed by atoms with Gasteiger partial charge in [-0.15, -0.1) is 0 Å². The minimum Gasteiger partial charge on any atom is -0.454 e. The van der Waals surface area contributed by atoms with Gasteiger partial charge in [-0.2, -0.15) is 0 Å². The van der Waals surface area contributed by atoms with Gasteiger partial charge in [0.05, 0.1) is 6.04 Å². The highest BCUT2D eigenvalue weighted by molar-refractivity contribution is 9.10. The van der Waals surface area contributed by atoms with Gasteiger partial charge in [0.2, 0.25) is 12.7 Å². The minimum atomic E-state index is -0.239. The Morgan fingerprint density at radius 2 is 2.11 bits per heavy atom. The normalized spacial score (nSPS) is 14.3. The third-order valence-corrected chi connectivity index (χ3v) is 3.62. The first-order valence-electron chi connectivity index (χ1n) is 6.21. The van der Waals surface area contributed by atoms with Crippen molar-refractivity contribution < 1.29 is 14.3 Å². The number of carbonyl (C=O) groups is 1. The van der Waals surface area contributed by atoms with Gasteiger partial charge >= 0.3 is 0 Å². The van der Waals surface area contributed by atoms with E-state index in [2.05, 4.69) is 26.6 Å². The van der Waals surface area contributed by atoms with Crippen molar-refractivity contribution in [3.63, 3.8) is 0 Å². The van der Waals surface area contributed by atoms with Gasteiger partial charge in [0, 0.05) is 17.6 Å². The van der Waals surface area contributed by atoms with Crippen LogP contribution in [0.2, 0.25) is 0 Å². The van der Waals surface area contributed by atoms with Crippen LogP contribution >= 0.6 is 15.9 Å². The summed E-state index contributed by atoms with van der Waals surface area (Å²) in [6, 6.07) is 3.57. The molecular weight excluding hydrogens is 312 g/mol. The summed E-state index contributed by atoms with van der Waals surface area (Å²) in [7, 11) is 0. The highest BCUT2D eigenvalue weighted by Crippen LogP contribution is 2.36. The fraction of sp³-hybridized carbons (Fsp3) is 0.462. The molecule has 0 aliphatic carbocycles. The van der Waals surface area contributed by atoms with Crippen molar-refractivity contribution in [2.45, 2.75) is 26.4 Å². The first-order chi connectivity index (χ1) is 9.11. The Morgan fingerprint density at radius 1 is 1.42 bits per heavy atom. The number of carbonyl (C=O) groups excluding carboxylic acids is 1. The lowest BCUT2D eigenvalue weighted by Crippen LogP contribution is -2.41. The van der Waals surface area contributed by atoms with Crippen molar-refractivity contribution in [2.24, 2.45) is 0 Å². The lowest BCUT2D eigenvalue weighted by Gasteiger charge is -2.14. The molecule has 0 fully saturated rings. The largest absolute Gasteiger partial charge is 0.454 e. The molecule has 1 atom stereocenters. The van der Waals surface area contributed by atoms with Crippen LogP contribution < -0.4 is 20.1 Å². The van der Waals surface area contributed by atoms with Gasteiger partial charge in [0.15, 0.2) is 11.5 Å².